The first-order valence-corrected chi connectivity index (χ1v) is 10.1. The number of rotatable bonds is 8. The summed E-state index contributed by atoms with van der Waals surface area (Å²) < 4.78 is 6.82. The molecule has 0 bridgehead atoms. The molecule has 0 spiro atoms. The van der Waals surface area contributed by atoms with Crippen molar-refractivity contribution in [2.75, 3.05) is 0 Å². The molecular formula is C24H21BrN2O3. The van der Waals surface area contributed by atoms with Crippen LogP contribution in [0.15, 0.2) is 89.0 Å². The highest BCUT2D eigenvalue weighted by Crippen LogP contribution is 2.22. The van der Waals surface area contributed by atoms with E-state index >= 15 is 0 Å². The Morgan fingerprint density at radius 2 is 1.87 bits per heavy atom. The van der Waals surface area contributed by atoms with Gasteiger partial charge in [0, 0.05) is 10.0 Å². The maximum Gasteiger partial charge on any atom is 0.275 e. The zero-order chi connectivity index (χ0) is 21.3. The zero-order valence-electron chi connectivity index (χ0n) is 16.2. The van der Waals surface area contributed by atoms with Crippen LogP contribution in [0.3, 0.4) is 0 Å². The van der Waals surface area contributed by atoms with E-state index in [1.54, 1.807) is 36.4 Å². The Kier molecular flexibility index (Phi) is 7.40. The van der Waals surface area contributed by atoms with Gasteiger partial charge < -0.3 is 9.84 Å². The Morgan fingerprint density at radius 1 is 1.10 bits per heavy atom. The second-order valence-electron chi connectivity index (χ2n) is 6.46. The number of para-hydroxylation sites is 2. The van der Waals surface area contributed by atoms with E-state index in [2.05, 4.69) is 33.0 Å². The molecule has 0 aliphatic carbocycles. The summed E-state index contributed by atoms with van der Waals surface area (Å²) in [7, 11) is 0. The highest BCUT2D eigenvalue weighted by molar-refractivity contribution is 9.10. The minimum absolute atomic E-state index is 0.119. The predicted octanol–water partition coefficient (Wildman–Crippen LogP) is 5.23. The number of ether oxygens (including phenoxy) is 1. The molecule has 0 saturated carbocycles. The van der Waals surface area contributed by atoms with Gasteiger partial charge in [0.1, 0.15) is 18.1 Å². The highest BCUT2D eigenvalue weighted by atomic mass is 79.9. The second kappa shape index (κ2) is 10.4. The van der Waals surface area contributed by atoms with Crippen molar-refractivity contribution >= 4 is 28.1 Å². The normalized spacial score (nSPS) is 10.7. The summed E-state index contributed by atoms with van der Waals surface area (Å²) in [4.78, 5) is 12.6. The maximum absolute atomic E-state index is 12.6. The number of carbonyl (C=O) groups is 1. The molecule has 152 valence electrons. The van der Waals surface area contributed by atoms with Crippen LogP contribution in [0.25, 0.3) is 0 Å². The monoisotopic (exact) mass is 464 g/mol. The van der Waals surface area contributed by atoms with Crippen molar-refractivity contribution in [3.63, 3.8) is 0 Å². The number of carbonyl (C=O) groups excluding carboxylic acids is 1. The number of halogens is 1. The van der Waals surface area contributed by atoms with Gasteiger partial charge in [0.25, 0.3) is 5.91 Å². The number of phenolic OH excluding ortho intramolecular Hbond substituents is 1. The molecule has 1 amide bonds. The van der Waals surface area contributed by atoms with Crippen LogP contribution in [0.4, 0.5) is 0 Å². The van der Waals surface area contributed by atoms with Crippen molar-refractivity contribution in [2.45, 2.75) is 13.0 Å². The first kappa shape index (κ1) is 21.3. The summed E-state index contributed by atoms with van der Waals surface area (Å²) in [6.45, 7) is 4.01. The van der Waals surface area contributed by atoms with Crippen molar-refractivity contribution < 1.29 is 14.6 Å². The second-order valence-corrected chi connectivity index (χ2v) is 7.37. The summed E-state index contributed by atoms with van der Waals surface area (Å²) in [5, 5.41) is 14.2. The molecule has 0 aliphatic rings. The van der Waals surface area contributed by atoms with Gasteiger partial charge in [0.2, 0.25) is 0 Å². The lowest BCUT2D eigenvalue weighted by atomic mass is 10.1. The average molecular weight is 465 g/mol. The molecule has 3 aromatic rings. The zero-order valence-corrected chi connectivity index (χ0v) is 17.8. The Balaban J connectivity index is 1.67. The summed E-state index contributed by atoms with van der Waals surface area (Å²) in [6, 6.07) is 20.1. The molecule has 3 aromatic carbocycles. The molecule has 0 aliphatic heterocycles. The van der Waals surface area contributed by atoms with Crippen molar-refractivity contribution in [1.29, 1.82) is 0 Å². The molecule has 0 atom stereocenters. The summed E-state index contributed by atoms with van der Waals surface area (Å²) in [5.74, 6) is 0.178. The number of nitrogens with one attached hydrogen (secondary N) is 1. The third kappa shape index (κ3) is 5.58. The van der Waals surface area contributed by atoms with Gasteiger partial charge in [-0.25, -0.2) is 5.43 Å². The van der Waals surface area contributed by atoms with E-state index in [0.717, 1.165) is 15.6 Å². The maximum atomic E-state index is 12.6. The van der Waals surface area contributed by atoms with Gasteiger partial charge in [-0.3, -0.25) is 4.79 Å². The van der Waals surface area contributed by atoms with E-state index in [4.69, 9.17) is 4.74 Å². The van der Waals surface area contributed by atoms with Gasteiger partial charge in [0.15, 0.2) is 0 Å². The van der Waals surface area contributed by atoms with Gasteiger partial charge in [-0.05, 0) is 47.9 Å². The quantitative estimate of drug-likeness (QED) is 0.272. The number of phenols is 1. The lowest BCUT2D eigenvalue weighted by molar-refractivity contribution is 0.0950. The van der Waals surface area contributed by atoms with Crippen LogP contribution < -0.4 is 10.2 Å². The molecule has 0 unspecified atom stereocenters. The van der Waals surface area contributed by atoms with Crippen LogP contribution in [-0.2, 0) is 13.0 Å². The Labute approximate surface area is 183 Å². The number of allylic oxidation sites excluding steroid dienone is 1. The van der Waals surface area contributed by atoms with Gasteiger partial charge >= 0.3 is 0 Å². The molecule has 3 rings (SSSR count). The molecular weight excluding hydrogens is 444 g/mol. The fraction of sp³-hybridized carbons (Fsp3) is 0.0833. The number of nitrogens with zero attached hydrogens (tertiary/aromatic N) is 1. The minimum atomic E-state index is -0.403. The van der Waals surface area contributed by atoms with E-state index in [-0.39, 0.29) is 5.75 Å². The first-order valence-electron chi connectivity index (χ1n) is 9.30. The van der Waals surface area contributed by atoms with E-state index in [0.29, 0.717) is 29.9 Å². The van der Waals surface area contributed by atoms with Gasteiger partial charge in [0.05, 0.1) is 11.8 Å². The largest absolute Gasteiger partial charge is 0.507 e. The Bertz CT molecular complexity index is 1060. The SMILES string of the molecule is C=CCc1cccc(C=NNC(=O)c2ccccc2OCc2ccc(Br)cc2)c1O. The lowest BCUT2D eigenvalue weighted by Gasteiger charge is -2.10. The van der Waals surface area contributed by atoms with Crippen LogP contribution in [0.5, 0.6) is 11.5 Å². The fourth-order valence-corrected chi connectivity index (χ4v) is 3.04. The number of hydrazone groups is 1. The van der Waals surface area contributed by atoms with Crippen molar-refractivity contribution in [3.05, 3.63) is 106 Å². The van der Waals surface area contributed by atoms with Crippen LogP contribution in [0.1, 0.15) is 27.0 Å². The topological polar surface area (TPSA) is 70.9 Å². The summed E-state index contributed by atoms with van der Waals surface area (Å²) in [6.07, 6.45) is 3.66. The summed E-state index contributed by atoms with van der Waals surface area (Å²) >= 11 is 3.40. The van der Waals surface area contributed by atoms with E-state index < -0.39 is 5.91 Å². The molecule has 30 heavy (non-hydrogen) atoms. The molecule has 0 heterocycles. The molecule has 0 fully saturated rings. The number of hydrogen-bond donors (Lipinski definition) is 2. The number of amides is 1. The van der Waals surface area contributed by atoms with Crippen LogP contribution in [0.2, 0.25) is 0 Å². The molecule has 0 radical (unpaired) electrons. The highest BCUT2D eigenvalue weighted by Gasteiger charge is 2.12. The Morgan fingerprint density at radius 3 is 2.63 bits per heavy atom. The predicted molar refractivity (Wildman–Crippen MR) is 122 cm³/mol. The fourth-order valence-electron chi connectivity index (χ4n) is 2.78. The minimum Gasteiger partial charge on any atom is -0.507 e. The van der Waals surface area contributed by atoms with Gasteiger partial charge in [-0.2, -0.15) is 5.10 Å². The molecule has 6 heteroatoms. The van der Waals surface area contributed by atoms with Gasteiger partial charge in [-0.1, -0.05) is 58.4 Å². The smallest absolute Gasteiger partial charge is 0.275 e. The third-order valence-corrected chi connectivity index (χ3v) is 4.85. The molecule has 0 saturated heterocycles. The average Bonchev–Trinajstić information content (AvgIpc) is 2.76. The van der Waals surface area contributed by atoms with Crippen molar-refractivity contribution in [3.8, 4) is 11.5 Å². The Hall–Kier alpha value is -3.38. The van der Waals surface area contributed by atoms with E-state index in [9.17, 15) is 9.90 Å². The number of benzene rings is 3. The lowest BCUT2D eigenvalue weighted by Crippen LogP contribution is -2.18. The molecule has 5 nitrogen and oxygen atoms in total. The van der Waals surface area contributed by atoms with Crippen LogP contribution in [-0.4, -0.2) is 17.2 Å². The number of aromatic hydroxyl groups is 1. The van der Waals surface area contributed by atoms with Crippen molar-refractivity contribution in [1.82, 2.24) is 5.43 Å². The number of hydrogen-bond acceptors (Lipinski definition) is 4. The summed E-state index contributed by atoms with van der Waals surface area (Å²) in [5.41, 5.74) is 5.10. The molecule has 0 aromatic heterocycles. The van der Waals surface area contributed by atoms with Crippen molar-refractivity contribution in [2.24, 2.45) is 5.10 Å². The standard InChI is InChI=1S/C24H21BrN2O3/c1-2-6-18-7-5-8-19(23(18)28)15-26-27-24(29)21-9-3-4-10-22(21)30-16-17-11-13-20(25)14-12-17/h2-5,7-15,28H,1,6,16H2,(H,27,29). The van der Waals surface area contributed by atoms with Crippen LogP contribution in [0, 0.1) is 0 Å². The first-order chi connectivity index (χ1) is 14.6. The molecule has 2 N–H and O–H groups in total. The van der Waals surface area contributed by atoms with Crippen LogP contribution >= 0.6 is 15.9 Å². The third-order valence-electron chi connectivity index (χ3n) is 4.32. The van der Waals surface area contributed by atoms with E-state index in [1.165, 1.54) is 6.21 Å². The van der Waals surface area contributed by atoms with E-state index in [1.807, 2.05) is 36.4 Å². The van der Waals surface area contributed by atoms with Gasteiger partial charge in [-0.15, -0.1) is 6.58 Å².